The molecule has 0 spiro atoms. The molecule has 0 aliphatic carbocycles. The zero-order valence-electron chi connectivity index (χ0n) is 12.7. The van der Waals surface area contributed by atoms with E-state index < -0.39 is 6.04 Å². The molecule has 1 amide bonds. The van der Waals surface area contributed by atoms with E-state index >= 15 is 0 Å². The van der Waals surface area contributed by atoms with Gasteiger partial charge in [-0.25, -0.2) is 0 Å². The normalized spacial score (nSPS) is 18.9. The van der Waals surface area contributed by atoms with Crippen LogP contribution in [0, 0.1) is 0 Å². The van der Waals surface area contributed by atoms with Crippen molar-refractivity contribution in [2.75, 3.05) is 20.8 Å². The number of carbonyl (C=O) groups excluding carboxylic acids is 1. The molecule has 1 aromatic carbocycles. The van der Waals surface area contributed by atoms with Gasteiger partial charge in [-0.3, -0.25) is 4.79 Å². The zero-order chi connectivity index (χ0) is 14.7. The van der Waals surface area contributed by atoms with E-state index in [2.05, 4.69) is 0 Å². The van der Waals surface area contributed by atoms with Crippen LogP contribution in [-0.2, 0) is 4.79 Å². The Labute approximate surface area is 131 Å². The van der Waals surface area contributed by atoms with Gasteiger partial charge in [-0.15, -0.1) is 12.4 Å². The molecule has 1 saturated heterocycles. The second-order valence-electron chi connectivity index (χ2n) is 5.09. The molecule has 2 rings (SSSR count). The Hall–Kier alpha value is -1.46. The standard InChI is InChI=1S/C15H22N2O3.ClH/c1-10(16)15(18)17-8-4-5-13(17)12-7-6-11(19-2)9-14(12)20-3;/h6-7,9-10,13H,4-5,8,16H2,1-3H3;1H. The van der Waals surface area contributed by atoms with E-state index in [4.69, 9.17) is 15.2 Å². The van der Waals surface area contributed by atoms with Gasteiger partial charge in [0.05, 0.1) is 26.3 Å². The number of rotatable bonds is 4. The molecule has 0 aromatic heterocycles. The Morgan fingerprint density at radius 3 is 2.67 bits per heavy atom. The van der Waals surface area contributed by atoms with Crippen LogP contribution in [0.2, 0.25) is 0 Å². The smallest absolute Gasteiger partial charge is 0.239 e. The van der Waals surface area contributed by atoms with Crippen LogP contribution in [0.3, 0.4) is 0 Å². The lowest BCUT2D eigenvalue weighted by Gasteiger charge is -2.27. The molecule has 1 aliphatic heterocycles. The average molecular weight is 315 g/mol. The van der Waals surface area contributed by atoms with Crippen molar-refractivity contribution in [1.29, 1.82) is 0 Å². The lowest BCUT2D eigenvalue weighted by molar-refractivity contribution is -0.133. The molecule has 5 nitrogen and oxygen atoms in total. The molecule has 6 heteroatoms. The maximum Gasteiger partial charge on any atom is 0.239 e. The summed E-state index contributed by atoms with van der Waals surface area (Å²) in [5, 5.41) is 0. The topological polar surface area (TPSA) is 64.8 Å². The number of hydrogen-bond acceptors (Lipinski definition) is 4. The fraction of sp³-hybridized carbons (Fsp3) is 0.533. The van der Waals surface area contributed by atoms with Crippen LogP contribution in [0.5, 0.6) is 11.5 Å². The summed E-state index contributed by atoms with van der Waals surface area (Å²) >= 11 is 0. The highest BCUT2D eigenvalue weighted by molar-refractivity contribution is 5.85. The number of nitrogens with zero attached hydrogens (tertiary/aromatic N) is 1. The zero-order valence-corrected chi connectivity index (χ0v) is 13.5. The average Bonchev–Trinajstić information content (AvgIpc) is 2.94. The molecular weight excluding hydrogens is 292 g/mol. The first-order valence-corrected chi connectivity index (χ1v) is 6.86. The van der Waals surface area contributed by atoms with Crippen molar-refractivity contribution in [3.8, 4) is 11.5 Å². The highest BCUT2D eigenvalue weighted by atomic mass is 35.5. The molecule has 2 atom stereocenters. The monoisotopic (exact) mass is 314 g/mol. The Morgan fingerprint density at radius 1 is 1.38 bits per heavy atom. The molecule has 1 aromatic rings. The first-order valence-electron chi connectivity index (χ1n) is 6.86. The number of halogens is 1. The Morgan fingerprint density at radius 2 is 2.10 bits per heavy atom. The summed E-state index contributed by atoms with van der Waals surface area (Å²) < 4.78 is 10.6. The van der Waals surface area contributed by atoms with E-state index in [1.54, 1.807) is 21.1 Å². The van der Waals surface area contributed by atoms with E-state index in [-0.39, 0.29) is 24.4 Å². The van der Waals surface area contributed by atoms with Gasteiger partial charge < -0.3 is 20.1 Å². The minimum absolute atomic E-state index is 0. The van der Waals surface area contributed by atoms with Gasteiger partial charge in [0.25, 0.3) is 0 Å². The van der Waals surface area contributed by atoms with Crippen molar-refractivity contribution < 1.29 is 14.3 Å². The number of hydrogen-bond donors (Lipinski definition) is 1. The number of likely N-dealkylation sites (tertiary alicyclic amines) is 1. The molecule has 1 heterocycles. The van der Waals surface area contributed by atoms with Crippen molar-refractivity contribution in [2.45, 2.75) is 31.8 Å². The number of benzene rings is 1. The summed E-state index contributed by atoms with van der Waals surface area (Å²) in [5.41, 5.74) is 6.74. The summed E-state index contributed by atoms with van der Waals surface area (Å²) in [6.07, 6.45) is 1.92. The van der Waals surface area contributed by atoms with E-state index in [0.717, 1.165) is 36.4 Å². The van der Waals surface area contributed by atoms with Crippen molar-refractivity contribution in [3.05, 3.63) is 23.8 Å². The van der Waals surface area contributed by atoms with E-state index in [9.17, 15) is 4.79 Å². The van der Waals surface area contributed by atoms with Crippen LogP contribution < -0.4 is 15.2 Å². The third-order valence-electron chi connectivity index (χ3n) is 3.73. The second-order valence-corrected chi connectivity index (χ2v) is 5.09. The first kappa shape index (κ1) is 17.6. The summed E-state index contributed by atoms with van der Waals surface area (Å²) in [6, 6.07) is 5.27. The SMILES string of the molecule is COc1ccc(C2CCCN2C(=O)C(C)N)c(OC)c1.Cl. The number of methoxy groups -OCH3 is 2. The van der Waals surface area contributed by atoms with Crippen LogP contribution in [0.1, 0.15) is 31.4 Å². The van der Waals surface area contributed by atoms with Gasteiger partial charge in [0, 0.05) is 18.2 Å². The number of nitrogens with two attached hydrogens (primary N) is 1. The summed E-state index contributed by atoms with van der Waals surface area (Å²) in [6.45, 7) is 2.48. The summed E-state index contributed by atoms with van der Waals surface area (Å²) in [4.78, 5) is 14.0. The van der Waals surface area contributed by atoms with Crippen molar-refractivity contribution >= 4 is 18.3 Å². The number of carbonyl (C=O) groups is 1. The van der Waals surface area contributed by atoms with Crippen molar-refractivity contribution in [1.82, 2.24) is 4.90 Å². The molecule has 0 radical (unpaired) electrons. The highest BCUT2D eigenvalue weighted by Crippen LogP contribution is 2.38. The van der Waals surface area contributed by atoms with Gasteiger partial charge in [0.15, 0.2) is 0 Å². The molecule has 2 unspecified atom stereocenters. The first-order chi connectivity index (χ1) is 9.58. The van der Waals surface area contributed by atoms with Crippen LogP contribution in [-0.4, -0.2) is 37.6 Å². The van der Waals surface area contributed by atoms with Crippen LogP contribution >= 0.6 is 12.4 Å². The summed E-state index contributed by atoms with van der Waals surface area (Å²) in [5.74, 6) is 1.48. The molecule has 118 valence electrons. The van der Waals surface area contributed by atoms with E-state index in [1.807, 2.05) is 23.1 Å². The highest BCUT2D eigenvalue weighted by Gasteiger charge is 2.33. The summed E-state index contributed by atoms with van der Waals surface area (Å²) in [7, 11) is 3.25. The lowest BCUT2D eigenvalue weighted by atomic mass is 10.0. The molecule has 0 saturated carbocycles. The van der Waals surface area contributed by atoms with Gasteiger partial charge in [0.1, 0.15) is 11.5 Å². The molecule has 2 N–H and O–H groups in total. The van der Waals surface area contributed by atoms with Crippen LogP contribution in [0.25, 0.3) is 0 Å². The number of ether oxygens (including phenoxy) is 2. The lowest BCUT2D eigenvalue weighted by Crippen LogP contribution is -2.41. The fourth-order valence-electron chi connectivity index (χ4n) is 2.71. The van der Waals surface area contributed by atoms with Gasteiger partial charge >= 0.3 is 0 Å². The third-order valence-corrected chi connectivity index (χ3v) is 3.73. The predicted molar refractivity (Wildman–Crippen MR) is 84.1 cm³/mol. The maximum absolute atomic E-state index is 12.2. The van der Waals surface area contributed by atoms with Gasteiger partial charge in [-0.2, -0.15) is 0 Å². The third kappa shape index (κ3) is 3.60. The van der Waals surface area contributed by atoms with Gasteiger partial charge in [0.2, 0.25) is 5.91 Å². The number of amides is 1. The molecule has 1 fully saturated rings. The quantitative estimate of drug-likeness (QED) is 0.924. The molecule has 0 bridgehead atoms. The Balaban J connectivity index is 0.00000220. The molecular formula is C15H23ClN2O3. The van der Waals surface area contributed by atoms with Gasteiger partial charge in [-0.1, -0.05) is 0 Å². The molecule has 1 aliphatic rings. The van der Waals surface area contributed by atoms with Crippen molar-refractivity contribution in [2.24, 2.45) is 5.73 Å². The van der Waals surface area contributed by atoms with Crippen LogP contribution in [0.15, 0.2) is 18.2 Å². The van der Waals surface area contributed by atoms with Crippen molar-refractivity contribution in [3.63, 3.8) is 0 Å². The minimum atomic E-state index is -0.472. The van der Waals surface area contributed by atoms with Gasteiger partial charge in [-0.05, 0) is 31.9 Å². The Bertz CT molecular complexity index is 494. The maximum atomic E-state index is 12.2. The second kappa shape index (κ2) is 7.52. The van der Waals surface area contributed by atoms with Crippen LogP contribution in [0.4, 0.5) is 0 Å². The predicted octanol–water partition coefficient (Wildman–Crippen LogP) is 2.14. The fourth-order valence-corrected chi connectivity index (χ4v) is 2.71. The molecule has 21 heavy (non-hydrogen) atoms. The van der Waals surface area contributed by atoms with E-state index in [0.29, 0.717) is 0 Å². The van der Waals surface area contributed by atoms with E-state index in [1.165, 1.54) is 0 Å². The Kier molecular flexibility index (Phi) is 6.30. The minimum Gasteiger partial charge on any atom is -0.497 e. The largest absolute Gasteiger partial charge is 0.497 e.